The van der Waals surface area contributed by atoms with Crippen molar-refractivity contribution in [1.29, 1.82) is 0 Å². The third-order valence-electron chi connectivity index (χ3n) is 6.87. The number of esters is 2. The Balaban J connectivity index is 2.39. The lowest BCUT2D eigenvalue weighted by Crippen LogP contribution is -2.59. The number of hydrogen-bond acceptors (Lipinski definition) is 10. The Labute approximate surface area is 274 Å². The van der Waals surface area contributed by atoms with Gasteiger partial charge in [-0.05, 0) is 51.4 Å². The quantitative estimate of drug-likeness (QED) is 0.0838. The number of unbranched alkanes of at least 4 members (excludes halogenated alkanes) is 1. The van der Waals surface area contributed by atoms with Gasteiger partial charge in [0.25, 0.3) is 0 Å². The minimum Gasteiger partial charge on any atom is -0.462 e. The lowest BCUT2D eigenvalue weighted by molar-refractivity contribution is -0.305. The van der Waals surface area contributed by atoms with Crippen molar-refractivity contribution in [2.24, 2.45) is 0 Å². The lowest BCUT2D eigenvalue weighted by atomic mass is 9.99. The second-order valence-corrected chi connectivity index (χ2v) is 10.9. The molecule has 6 unspecified atom stereocenters. The molecule has 4 N–H and O–H groups in total. The van der Waals surface area contributed by atoms with Gasteiger partial charge in [0.15, 0.2) is 12.4 Å². The van der Waals surface area contributed by atoms with Gasteiger partial charge < -0.3 is 39.4 Å². The van der Waals surface area contributed by atoms with Crippen molar-refractivity contribution < 1.29 is 49.0 Å². The van der Waals surface area contributed by atoms with Gasteiger partial charge in [0.2, 0.25) is 0 Å². The van der Waals surface area contributed by atoms with E-state index < -0.39 is 55.4 Å². The highest BCUT2D eigenvalue weighted by Gasteiger charge is 2.44. The zero-order valence-corrected chi connectivity index (χ0v) is 27.5. The summed E-state index contributed by atoms with van der Waals surface area (Å²) in [5, 5.41) is 39.5. The van der Waals surface area contributed by atoms with E-state index in [9.17, 15) is 30.0 Å². The molecule has 10 heteroatoms. The molecule has 260 valence electrons. The van der Waals surface area contributed by atoms with Crippen molar-refractivity contribution in [2.45, 2.75) is 121 Å². The standard InChI is InChI=1S/C36H56O10/c1-3-5-7-8-9-10-11-12-13-14-15-16-17-18-19-20-21-22-23-25-32(39)45-29(27-43-31(38)24-6-4-2)28-44-36-35(42)34(41)33(40)30(26-37)46-36/h5,7,9-10,12-13,15-16,18-19,21-22,29-30,33-37,40-42H,3-4,6,8,11,14,17,20,23-28H2,1-2H3/b7-5-,10-9-,13-12-,16-15-,19-18-,22-21-. The summed E-state index contributed by atoms with van der Waals surface area (Å²) in [5.74, 6) is -0.958. The summed E-state index contributed by atoms with van der Waals surface area (Å²) in [5.41, 5.74) is 0. The number of aliphatic hydroxyl groups is 4. The van der Waals surface area contributed by atoms with Crippen LogP contribution in [0.3, 0.4) is 0 Å². The molecule has 0 aromatic carbocycles. The molecule has 1 saturated heterocycles. The molecule has 1 aliphatic heterocycles. The average Bonchev–Trinajstić information content (AvgIpc) is 3.05. The van der Waals surface area contributed by atoms with Crippen molar-refractivity contribution in [3.63, 3.8) is 0 Å². The fraction of sp³-hybridized carbons (Fsp3) is 0.611. The summed E-state index contributed by atoms with van der Waals surface area (Å²) >= 11 is 0. The summed E-state index contributed by atoms with van der Waals surface area (Å²) in [7, 11) is 0. The number of aliphatic hydroxyl groups excluding tert-OH is 4. The molecule has 46 heavy (non-hydrogen) atoms. The van der Waals surface area contributed by atoms with E-state index in [1.54, 1.807) is 0 Å². The van der Waals surface area contributed by atoms with Crippen LogP contribution in [0.15, 0.2) is 72.9 Å². The van der Waals surface area contributed by atoms with Crippen LogP contribution in [0.1, 0.15) is 84.5 Å². The van der Waals surface area contributed by atoms with Crippen LogP contribution in [0.2, 0.25) is 0 Å². The summed E-state index contributed by atoms with van der Waals surface area (Å²) in [4.78, 5) is 24.5. The van der Waals surface area contributed by atoms with Gasteiger partial charge in [-0.15, -0.1) is 0 Å². The Kier molecular flexibility index (Phi) is 24.4. The zero-order valence-electron chi connectivity index (χ0n) is 27.5. The van der Waals surface area contributed by atoms with E-state index in [0.29, 0.717) is 12.8 Å². The molecule has 0 spiro atoms. The predicted molar refractivity (Wildman–Crippen MR) is 178 cm³/mol. The van der Waals surface area contributed by atoms with Crippen molar-refractivity contribution in [3.05, 3.63) is 72.9 Å². The molecule has 1 rings (SSSR count). The fourth-order valence-electron chi connectivity index (χ4n) is 4.19. The van der Waals surface area contributed by atoms with Gasteiger partial charge >= 0.3 is 11.9 Å². The first-order valence-electron chi connectivity index (χ1n) is 16.5. The van der Waals surface area contributed by atoms with Crippen LogP contribution in [-0.2, 0) is 28.5 Å². The van der Waals surface area contributed by atoms with E-state index in [-0.39, 0.29) is 26.1 Å². The van der Waals surface area contributed by atoms with Crippen LogP contribution in [-0.4, -0.2) is 89.0 Å². The summed E-state index contributed by atoms with van der Waals surface area (Å²) in [6.45, 7) is 2.91. The van der Waals surface area contributed by atoms with E-state index in [2.05, 4.69) is 67.7 Å². The number of rotatable bonds is 24. The van der Waals surface area contributed by atoms with Crippen LogP contribution in [0, 0.1) is 0 Å². The minimum absolute atomic E-state index is 0.0997. The van der Waals surface area contributed by atoms with Crippen LogP contribution in [0.4, 0.5) is 0 Å². The van der Waals surface area contributed by atoms with Gasteiger partial charge in [0.05, 0.1) is 13.2 Å². The number of ether oxygens (including phenoxy) is 4. The lowest BCUT2D eigenvalue weighted by Gasteiger charge is -2.39. The number of allylic oxidation sites excluding steroid dienone is 12. The van der Waals surface area contributed by atoms with Crippen LogP contribution in [0.25, 0.3) is 0 Å². The van der Waals surface area contributed by atoms with Gasteiger partial charge in [-0.3, -0.25) is 9.59 Å². The third-order valence-corrected chi connectivity index (χ3v) is 6.87. The third kappa shape index (κ3) is 19.6. The van der Waals surface area contributed by atoms with E-state index in [4.69, 9.17) is 18.9 Å². The zero-order chi connectivity index (χ0) is 33.8. The van der Waals surface area contributed by atoms with E-state index in [1.165, 1.54) is 0 Å². The Morgan fingerprint density at radius 3 is 1.76 bits per heavy atom. The maximum atomic E-state index is 12.5. The largest absolute Gasteiger partial charge is 0.462 e. The van der Waals surface area contributed by atoms with Gasteiger partial charge in [0.1, 0.15) is 31.0 Å². The van der Waals surface area contributed by atoms with Gasteiger partial charge in [-0.2, -0.15) is 0 Å². The second-order valence-electron chi connectivity index (χ2n) is 10.9. The molecule has 1 fully saturated rings. The molecular formula is C36H56O10. The highest BCUT2D eigenvalue weighted by Crippen LogP contribution is 2.22. The number of carbonyl (C=O) groups excluding carboxylic acids is 2. The van der Waals surface area contributed by atoms with Crippen molar-refractivity contribution in [2.75, 3.05) is 19.8 Å². The van der Waals surface area contributed by atoms with Crippen LogP contribution in [0.5, 0.6) is 0 Å². The molecule has 1 aliphatic rings. The Morgan fingerprint density at radius 1 is 0.696 bits per heavy atom. The highest BCUT2D eigenvalue weighted by atomic mass is 16.7. The van der Waals surface area contributed by atoms with E-state index >= 15 is 0 Å². The van der Waals surface area contributed by atoms with Crippen LogP contribution >= 0.6 is 0 Å². The Bertz CT molecular complexity index is 981. The topological polar surface area (TPSA) is 152 Å². The van der Waals surface area contributed by atoms with Gasteiger partial charge in [-0.25, -0.2) is 0 Å². The molecule has 10 nitrogen and oxygen atoms in total. The second kappa shape index (κ2) is 27.3. The molecule has 0 aromatic heterocycles. The molecule has 0 aliphatic carbocycles. The van der Waals surface area contributed by atoms with Crippen molar-refractivity contribution in [1.82, 2.24) is 0 Å². The van der Waals surface area contributed by atoms with E-state index in [1.807, 2.05) is 19.1 Å². The molecule has 6 atom stereocenters. The van der Waals surface area contributed by atoms with Gasteiger partial charge in [0, 0.05) is 12.8 Å². The molecule has 0 amide bonds. The van der Waals surface area contributed by atoms with E-state index in [0.717, 1.165) is 44.9 Å². The summed E-state index contributed by atoms with van der Waals surface area (Å²) < 4.78 is 21.5. The van der Waals surface area contributed by atoms with Gasteiger partial charge in [-0.1, -0.05) is 93.2 Å². The first kappa shape index (κ1) is 41.2. The SMILES string of the molecule is CC/C=C\C/C=C\C/C=C\C/C=C\C/C=C\C/C=C\CCC(=O)OC(COC(=O)CCCC)COC1OC(CO)C(O)C(O)C1O. The smallest absolute Gasteiger partial charge is 0.306 e. The maximum Gasteiger partial charge on any atom is 0.306 e. The first-order chi connectivity index (χ1) is 22.3. The summed E-state index contributed by atoms with van der Waals surface area (Å²) in [6, 6.07) is 0. The minimum atomic E-state index is -1.61. The first-order valence-corrected chi connectivity index (χ1v) is 16.5. The van der Waals surface area contributed by atoms with Crippen LogP contribution < -0.4 is 0 Å². The number of carbonyl (C=O) groups is 2. The van der Waals surface area contributed by atoms with Crippen molar-refractivity contribution in [3.8, 4) is 0 Å². The monoisotopic (exact) mass is 648 g/mol. The molecule has 0 radical (unpaired) electrons. The molecule has 0 bridgehead atoms. The Hall–Kier alpha value is -2.86. The average molecular weight is 649 g/mol. The molecular weight excluding hydrogens is 592 g/mol. The maximum absolute atomic E-state index is 12.5. The summed E-state index contributed by atoms with van der Waals surface area (Å²) in [6.07, 6.45) is 24.9. The van der Waals surface area contributed by atoms with Crippen molar-refractivity contribution >= 4 is 11.9 Å². The molecule has 0 aromatic rings. The molecule has 0 saturated carbocycles. The fourth-order valence-corrected chi connectivity index (χ4v) is 4.19. The highest BCUT2D eigenvalue weighted by molar-refractivity contribution is 5.70. The Morgan fingerprint density at radius 2 is 1.24 bits per heavy atom. The molecule has 1 heterocycles. The number of hydrogen-bond donors (Lipinski definition) is 4. The normalized spacial score (nSPS) is 23.1. The predicted octanol–water partition coefficient (Wildman–Crippen LogP) is 4.93.